The third kappa shape index (κ3) is 0.751. The summed E-state index contributed by atoms with van der Waals surface area (Å²) in [5.74, 6) is -0.627. The van der Waals surface area contributed by atoms with Crippen LogP contribution in [0.15, 0.2) is 18.6 Å². The number of hydrogen-bond donors (Lipinski definition) is 0. The molecule has 0 aliphatic heterocycles. The lowest BCUT2D eigenvalue weighted by Crippen LogP contribution is -1.91. The maximum Gasteiger partial charge on any atom is 0.198 e. The molecule has 2 aromatic heterocycles. The Kier molecular flexibility index (Phi) is 1.27. The Morgan fingerprint density at radius 3 is 3.17 bits per heavy atom. The number of rotatable bonds is 0. The Labute approximate surface area is 66.9 Å². The maximum absolute atomic E-state index is 13.2. The summed E-state index contributed by atoms with van der Waals surface area (Å²) in [5.41, 5.74) is 0.0598. The zero-order chi connectivity index (χ0) is 8.55. The molecule has 2 rings (SSSR count). The average molecular weight is 162 g/mol. The number of pyridine rings is 1. The summed E-state index contributed by atoms with van der Waals surface area (Å²) in [6.07, 6.45) is 2.91. The third-order valence-corrected chi connectivity index (χ3v) is 1.53. The summed E-state index contributed by atoms with van der Waals surface area (Å²) in [6, 6.07) is 3.10. The number of nitrogens with zero attached hydrogens (tertiary/aromatic N) is 4. The van der Waals surface area contributed by atoms with E-state index in [4.69, 9.17) is 5.26 Å². The van der Waals surface area contributed by atoms with Crippen molar-refractivity contribution in [2.75, 3.05) is 0 Å². The normalized spacial score (nSPS) is 10.0. The lowest BCUT2D eigenvalue weighted by atomic mass is 10.3. The Morgan fingerprint density at radius 1 is 1.58 bits per heavy atom. The smallest absolute Gasteiger partial charge is 0.198 e. The molecule has 0 amide bonds. The van der Waals surface area contributed by atoms with Gasteiger partial charge in [-0.1, -0.05) is 0 Å². The van der Waals surface area contributed by atoms with Gasteiger partial charge in [0.15, 0.2) is 11.5 Å². The average Bonchev–Trinajstić information content (AvgIpc) is 2.53. The highest BCUT2D eigenvalue weighted by Gasteiger charge is 2.07. The predicted molar refractivity (Wildman–Crippen MR) is 37.7 cm³/mol. The number of halogens is 1. The molecule has 0 aliphatic carbocycles. The van der Waals surface area contributed by atoms with Crippen molar-refractivity contribution in [3.63, 3.8) is 0 Å². The van der Waals surface area contributed by atoms with Crippen LogP contribution in [0.25, 0.3) is 5.65 Å². The Morgan fingerprint density at radius 2 is 2.42 bits per heavy atom. The minimum atomic E-state index is -0.627. The van der Waals surface area contributed by atoms with Gasteiger partial charge >= 0.3 is 0 Å². The SMILES string of the molecule is N#Cc1ccn2cnnc2c1F. The van der Waals surface area contributed by atoms with Gasteiger partial charge in [0.25, 0.3) is 0 Å². The Balaban J connectivity index is 2.89. The van der Waals surface area contributed by atoms with Crippen molar-refractivity contribution in [1.82, 2.24) is 14.6 Å². The first kappa shape index (κ1) is 6.73. The van der Waals surface area contributed by atoms with Gasteiger partial charge in [0.05, 0.1) is 5.56 Å². The molecule has 0 fully saturated rings. The molecule has 2 aromatic rings. The molecule has 5 heteroatoms. The minimum absolute atomic E-state index is 0.0181. The highest BCUT2D eigenvalue weighted by atomic mass is 19.1. The van der Waals surface area contributed by atoms with Crippen LogP contribution in [-0.2, 0) is 0 Å². The van der Waals surface area contributed by atoms with E-state index >= 15 is 0 Å². The van der Waals surface area contributed by atoms with Gasteiger partial charge in [0, 0.05) is 6.20 Å². The van der Waals surface area contributed by atoms with Gasteiger partial charge in [-0.3, -0.25) is 4.40 Å². The van der Waals surface area contributed by atoms with Crippen molar-refractivity contribution in [2.24, 2.45) is 0 Å². The van der Waals surface area contributed by atoms with Gasteiger partial charge in [0.2, 0.25) is 0 Å². The zero-order valence-electron chi connectivity index (χ0n) is 5.90. The first-order valence-electron chi connectivity index (χ1n) is 3.21. The summed E-state index contributed by atoms with van der Waals surface area (Å²) >= 11 is 0. The molecule has 0 spiro atoms. The van der Waals surface area contributed by atoms with Gasteiger partial charge in [-0.05, 0) is 6.07 Å². The molecule has 2 heterocycles. The van der Waals surface area contributed by atoms with Gasteiger partial charge < -0.3 is 0 Å². The first-order valence-corrected chi connectivity index (χ1v) is 3.21. The van der Waals surface area contributed by atoms with Gasteiger partial charge in [-0.15, -0.1) is 10.2 Å². The largest absolute Gasteiger partial charge is 0.287 e. The van der Waals surface area contributed by atoms with Crippen LogP contribution in [0.3, 0.4) is 0 Å². The van der Waals surface area contributed by atoms with Crippen molar-refractivity contribution < 1.29 is 4.39 Å². The summed E-state index contributed by atoms with van der Waals surface area (Å²) in [5, 5.41) is 15.5. The molecule has 0 aliphatic rings. The highest BCUT2D eigenvalue weighted by molar-refractivity contribution is 5.46. The molecule has 0 atom stereocenters. The quantitative estimate of drug-likeness (QED) is 0.574. The van der Waals surface area contributed by atoms with Crippen LogP contribution < -0.4 is 0 Å². The molecule has 0 aromatic carbocycles. The van der Waals surface area contributed by atoms with Crippen LogP contribution in [0.5, 0.6) is 0 Å². The molecule has 4 nitrogen and oxygen atoms in total. The molecule has 0 N–H and O–H groups in total. The topological polar surface area (TPSA) is 54.0 Å². The lowest BCUT2D eigenvalue weighted by molar-refractivity contribution is 0.625. The second-order valence-electron chi connectivity index (χ2n) is 2.22. The van der Waals surface area contributed by atoms with Crippen LogP contribution in [-0.4, -0.2) is 14.6 Å². The lowest BCUT2D eigenvalue weighted by Gasteiger charge is -1.93. The van der Waals surface area contributed by atoms with Crippen LogP contribution in [0.1, 0.15) is 5.56 Å². The minimum Gasteiger partial charge on any atom is -0.287 e. The van der Waals surface area contributed by atoms with Gasteiger partial charge in [-0.25, -0.2) is 4.39 Å². The summed E-state index contributed by atoms with van der Waals surface area (Å²) < 4.78 is 14.6. The van der Waals surface area contributed by atoms with E-state index in [9.17, 15) is 4.39 Å². The van der Waals surface area contributed by atoms with E-state index in [1.807, 2.05) is 0 Å². The van der Waals surface area contributed by atoms with E-state index in [0.29, 0.717) is 0 Å². The van der Waals surface area contributed by atoms with Crippen LogP contribution in [0, 0.1) is 17.1 Å². The van der Waals surface area contributed by atoms with Crippen molar-refractivity contribution in [1.29, 1.82) is 5.26 Å². The molecule has 0 saturated heterocycles. The second kappa shape index (κ2) is 2.27. The maximum atomic E-state index is 13.2. The number of nitriles is 1. The fraction of sp³-hybridized carbons (Fsp3) is 0. The fourth-order valence-electron chi connectivity index (χ4n) is 0.944. The first-order chi connectivity index (χ1) is 5.83. The highest BCUT2D eigenvalue weighted by Crippen LogP contribution is 2.09. The molecule has 58 valence electrons. The van der Waals surface area contributed by atoms with Gasteiger partial charge in [0.1, 0.15) is 12.4 Å². The summed E-state index contributed by atoms with van der Waals surface area (Å²) in [4.78, 5) is 0. The van der Waals surface area contributed by atoms with E-state index in [0.717, 1.165) is 0 Å². The van der Waals surface area contributed by atoms with Gasteiger partial charge in [-0.2, -0.15) is 5.26 Å². The predicted octanol–water partition coefficient (Wildman–Crippen LogP) is 0.740. The molecule has 0 bridgehead atoms. The van der Waals surface area contributed by atoms with E-state index in [1.165, 1.54) is 23.0 Å². The van der Waals surface area contributed by atoms with E-state index in [-0.39, 0.29) is 11.2 Å². The zero-order valence-corrected chi connectivity index (χ0v) is 5.90. The Hall–Kier alpha value is -1.96. The second-order valence-corrected chi connectivity index (χ2v) is 2.22. The van der Waals surface area contributed by atoms with Crippen molar-refractivity contribution >= 4 is 5.65 Å². The summed E-state index contributed by atoms with van der Waals surface area (Å²) in [6.45, 7) is 0. The monoisotopic (exact) mass is 162 g/mol. The molecule has 0 radical (unpaired) electrons. The van der Waals surface area contributed by atoms with E-state index < -0.39 is 5.82 Å². The number of hydrogen-bond acceptors (Lipinski definition) is 3. The van der Waals surface area contributed by atoms with Crippen molar-refractivity contribution in [3.05, 3.63) is 30.0 Å². The third-order valence-electron chi connectivity index (χ3n) is 1.53. The van der Waals surface area contributed by atoms with Crippen molar-refractivity contribution in [3.8, 4) is 6.07 Å². The number of aromatic nitrogens is 3. The number of fused-ring (bicyclic) bond motifs is 1. The molecular weight excluding hydrogens is 159 g/mol. The molecular formula is C7H3FN4. The molecule has 12 heavy (non-hydrogen) atoms. The molecule has 0 unspecified atom stereocenters. The Bertz CT molecular complexity index is 468. The molecule has 0 saturated carbocycles. The van der Waals surface area contributed by atoms with Crippen LogP contribution in [0.4, 0.5) is 4.39 Å². The van der Waals surface area contributed by atoms with Crippen LogP contribution in [0.2, 0.25) is 0 Å². The van der Waals surface area contributed by atoms with E-state index in [2.05, 4.69) is 10.2 Å². The van der Waals surface area contributed by atoms with E-state index in [1.54, 1.807) is 6.07 Å². The van der Waals surface area contributed by atoms with Crippen LogP contribution >= 0.6 is 0 Å². The summed E-state index contributed by atoms with van der Waals surface area (Å²) in [7, 11) is 0. The fourth-order valence-corrected chi connectivity index (χ4v) is 0.944. The standard InChI is InChI=1S/C7H3FN4/c8-6-5(3-9)1-2-12-4-10-11-7(6)12/h1-2,4H. The van der Waals surface area contributed by atoms with Crippen molar-refractivity contribution in [2.45, 2.75) is 0 Å².